The summed E-state index contributed by atoms with van der Waals surface area (Å²) in [6.45, 7) is 1.21. The summed E-state index contributed by atoms with van der Waals surface area (Å²) < 4.78 is 72.9. The van der Waals surface area contributed by atoms with E-state index in [1.807, 2.05) is 0 Å². The van der Waals surface area contributed by atoms with Crippen LogP contribution in [0.25, 0.3) is 11.0 Å². The fourth-order valence-corrected chi connectivity index (χ4v) is 2.66. The molecular weight excluding hydrogens is 387 g/mol. The maximum absolute atomic E-state index is 13.9. The smallest absolute Gasteiger partial charge is 0.416 e. The van der Waals surface area contributed by atoms with E-state index in [4.69, 9.17) is 10.2 Å². The lowest BCUT2D eigenvalue weighted by Gasteiger charge is -2.20. The van der Waals surface area contributed by atoms with Gasteiger partial charge in [0, 0.05) is 35.0 Å². The monoisotopic (exact) mass is 400 g/mol. The van der Waals surface area contributed by atoms with Crippen molar-refractivity contribution in [2.24, 2.45) is 0 Å². The molecule has 11 heteroatoms. The van der Waals surface area contributed by atoms with Gasteiger partial charge in [-0.15, -0.1) is 0 Å². The fraction of sp³-hybridized carbons (Fsp3) is 0.176. The first kappa shape index (κ1) is 19.4. The van der Waals surface area contributed by atoms with E-state index in [2.05, 4.69) is 10.3 Å². The summed E-state index contributed by atoms with van der Waals surface area (Å²) >= 11 is 0. The molecule has 1 aromatic carbocycles. The minimum Gasteiger partial charge on any atom is -0.455 e. The number of halogens is 5. The van der Waals surface area contributed by atoms with Gasteiger partial charge in [-0.05, 0) is 19.1 Å². The van der Waals surface area contributed by atoms with Gasteiger partial charge < -0.3 is 20.8 Å². The quantitative estimate of drug-likeness (QED) is 0.568. The first-order valence-electron chi connectivity index (χ1n) is 7.80. The maximum Gasteiger partial charge on any atom is 0.416 e. The van der Waals surface area contributed by atoms with Gasteiger partial charge in [0.2, 0.25) is 0 Å². The molecule has 148 valence electrons. The number of pyridine rings is 1. The van der Waals surface area contributed by atoms with E-state index in [1.54, 1.807) is 5.32 Å². The molecule has 0 aliphatic heterocycles. The molecule has 2 heterocycles. The predicted molar refractivity (Wildman–Crippen MR) is 90.5 cm³/mol. The summed E-state index contributed by atoms with van der Waals surface area (Å²) in [4.78, 5) is 15.7. The molecule has 2 amide bonds. The number of anilines is 2. The van der Waals surface area contributed by atoms with Crippen LogP contribution in [-0.4, -0.2) is 17.2 Å². The lowest BCUT2D eigenvalue weighted by atomic mass is 10.1. The van der Waals surface area contributed by atoms with E-state index in [0.717, 1.165) is 6.07 Å². The van der Waals surface area contributed by atoms with Crippen molar-refractivity contribution in [3.63, 3.8) is 0 Å². The van der Waals surface area contributed by atoms with Crippen LogP contribution in [0.4, 0.5) is 38.3 Å². The van der Waals surface area contributed by atoms with Gasteiger partial charge in [0.05, 0.1) is 0 Å². The second-order valence-electron chi connectivity index (χ2n) is 5.90. The first-order chi connectivity index (χ1) is 13.1. The van der Waals surface area contributed by atoms with Crippen molar-refractivity contribution < 1.29 is 31.2 Å². The number of furan rings is 1. The Labute approximate surface area is 154 Å². The van der Waals surface area contributed by atoms with Gasteiger partial charge >= 0.3 is 12.2 Å². The summed E-state index contributed by atoms with van der Waals surface area (Å²) in [6.07, 6.45) is -3.71. The Morgan fingerprint density at radius 3 is 2.61 bits per heavy atom. The van der Waals surface area contributed by atoms with E-state index in [-0.39, 0.29) is 22.5 Å². The number of aromatic nitrogens is 1. The number of alkyl halides is 3. The predicted octanol–water partition coefficient (Wildman–Crippen LogP) is 4.42. The summed E-state index contributed by atoms with van der Waals surface area (Å²) in [5.74, 6) is -2.82. The number of hydrogen-bond donors (Lipinski definition) is 3. The van der Waals surface area contributed by atoms with Gasteiger partial charge in [-0.2, -0.15) is 13.2 Å². The number of nitrogen functional groups attached to an aromatic ring is 1. The van der Waals surface area contributed by atoms with Gasteiger partial charge in [0.25, 0.3) is 0 Å². The van der Waals surface area contributed by atoms with Crippen molar-refractivity contribution in [2.75, 3.05) is 11.1 Å². The number of hydrogen-bond acceptors (Lipinski definition) is 4. The molecule has 2 aromatic heterocycles. The highest BCUT2D eigenvalue weighted by Crippen LogP contribution is 2.39. The van der Waals surface area contributed by atoms with Crippen LogP contribution in [0.1, 0.15) is 17.4 Å². The van der Waals surface area contributed by atoms with Gasteiger partial charge in [0.1, 0.15) is 17.4 Å². The van der Waals surface area contributed by atoms with Crippen LogP contribution in [-0.2, 0) is 0 Å². The third kappa shape index (κ3) is 3.82. The molecule has 0 bridgehead atoms. The Kier molecular flexibility index (Phi) is 4.84. The highest BCUT2D eigenvalue weighted by molar-refractivity contribution is 5.90. The number of benzene rings is 1. The van der Waals surface area contributed by atoms with Gasteiger partial charge in [0.15, 0.2) is 17.4 Å². The Balaban J connectivity index is 1.95. The Morgan fingerprint density at radius 2 is 1.96 bits per heavy atom. The van der Waals surface area contributed by atoms with E-state index in [9.17, 15) is 26.7 Å². The van der Waals surface area contributed by atoms with Crippen LogP contribution >= 0.6 is 0 Å². The molecule has 3 rings (SSSR count). The molecule has 0 aliphatic carbocycles. The van der Waals surface area contributed by atoms with Crippen LogP contribution in [0, 0.1) is 18.6 Å². The Bertz CT molecular complexity index is 1050. The molecule has 1 unspecified atom stereocenters. The molecule has 4 N–H and O–H groups in total. The number of nitrogens with zero attached hydrogens (tertiary/aromatic N) is 1. The first-order valence-corrected chi connectivity index (χ1v) is 7.80. The molecule has 0 fully saturated rings. The average Bonchev–Trinajstić information content (AvgIpc) is 2.89. The largest absolute Gasteiger partial charge is 0.455 e. The normalized spacial score (nSPS) is 12.8. The Morgan fingerprint density at radius 1 is 1.25 bits per heavy atom. The average molecular weight is 400 g/mol. The van der Waals surface area contributed by atoms with Crippen molar-refractivity contribution >= 4 is 28.5 Å². The van der Waals surface area contributed by atoms with Crippen molar-refractivity contribution in [1.82, 2.24) is 10.3 Å². The molecule has 6 nitrogen and oxygen atoms in total. The van der Waals surface area contributed by atoms with E-state index in [0.29, 0.717) is 6.07 Å². The molecule has 0 saturated carbocycles. The number of rotatable bonds is 3. The minimum atomic E-state index is -4.97. The number of urea groups is 1. The van der Waals surface area contributed by atoms with Crippen LogP contribution in [0.5, 0.6) is 0 Å². The number of nitrogens with one attached hydrogen (secondary N) is 2. The third-order valence-corrected chi connectivity index (χ3v) is 3.90. The van der Waals surface area contributed by atoms with E-state index < -0.39 is 41.2 Å². The zero-order valence-corrected chi connectivity index (χ0v) is 14.2. The number of carbonyl (C=O) groups excluding carboxylic acids is 1. The summed E-state index contributed by atoms with van der Waals surface area (Å²) in [5.41, 5.74) is 4.87. The van der Waals surface area contributed by atoms with Crippen LogP contribution in [0.2, 0.25) is 0 Å². The summed E-state index contributed by atoms with van der Waals surface area (Å²) in [7, 11) is 0. The van der Waals surface area contributed by atoms with Crippen LogP contribution in [0.3, 0.4) is 0 Å². The number of nitrogens with two attached hydrogens (primary N) is 1. The molecular formula is C17H13F5N4O2. The third-order valence-electron chi connectivity index (χ3n) is 3.90. The molecule has 0 spiro atoms. The minimum absolute atomic E-state index is 0.0517. The molecule has 28 heavy (non-hydrogen) atoms. The number of amides is 2. The molecule has 0 radical (unpaired) electrons. The second-order valence-corrected chi connectivity index (χ2v) is 5.90. The van der Waals surface area contributed by atoms with E-state index >= 15 is 0 Å². The standard InChI is InChI=1S/C17H13F5N4O2/c1-7-10-4-8(18)5-11(19)14(10)28-13(7)15(17(20,21)22)26-16(27)25-9-2-3-24-12(23)6-9/h2-6,15H,1H3,(H4,23,24,25,26,27). The lowest BCUT2D eigenvalue weighted by Crippen LogP contribution is -2.40. The molecule has 1 atom stereocenters. The highest BCUT2D eigenvalue weighted by atomic mass is 19.4. The Hall–Kier alpha value is -3.37. The lowest BCUT2D eigenvalue weighted by molar-refractivity contribution is -0.158. The van der Waals surface area contributed by atoms with Gasteiger partial charge in [-0.3, -0.25) is 0 Å². The van der Waals surface area contributed by atoms with Crippen molar-refractivity contribution in [2.45, 2.75) is 19.1 Å². The molecule has 0 saturated heterocycles. The number of fused-ring (bicyclic) bond motifs is 1. The second kappa shape index (κ2) is 6.98. The molecule has 0 aliphatic rings. The van der Waals surface area contributed by atoms with Crippen molar-refractivity contribution in [3.05, 3.63) is 53.4 Å². The molecule has 3 aromatic rings. The maximum atomic E-state index is 13.9. The van der Waals surface area contributed by atoms with Crippen LogP contribution < -0.4 is 16.4 Å². The highest BCUT2D eigenvalue weighted by Gasteiger charge is 2.45. The van der Waals surface area contributed by atoms with Crippen molar-refractivity contribution in [1.29, 1.82) is 0 Å². The topological polar surface area (TPSA) is 93.2 Å². The SMILES string of the molecule is Cc1c(C(NC(=O)Nc2ccnc(N)c2)C(F)(F)F)oc2c(F)cc(F)cc12. The summed E-state index contributed by atoms with van der Waals surface area (Å²) in [5, 5.41) is 3.75. The van der Waals surface area contributed by atoms with Crippen LogP contribution in [0.15, 0.2) is 34.9 Å². The zero-order valence-electron chi connectivity index (χ0n) is 14.2. The van der Waals surface area contributed by atoms with Gasteiger partial charge in [-0.25, -0.2) is 18.6 Å². The van der Waals surface area contributed by atoms with Crippen molar-refractivity contribution in [3.8, 4) is 0 Å². The number of aryl methyl sites for hydroxylation is 1. The number of carbonyl (C=O) groups is 1. The summed E-state index contributed by atoms with van der Waals surface area (Å²) in [6, 6.07) is 0.108. The van der Waals surface area contributed by atoms with E-state index in [1.165, 1.54) is 25.3 Å². The fourth-order valence-electron chi connectivity index (χ4n) is 2.66. The zero-order chi connectivity index (χ0) is 20.6. The van der Waals surface area contributed by atoms with Gasteiger partial charge in [-0.1, -0.05) is 0 Å².